The quantitative estimate of drug-likeness (QED) is 0.618. The number of carboxylic acid groups (broad SMARTS) is 1. The summed E-state index contributed by atoms with van der Waals surface area (Å²) in [6.45, 7) is 2.96. The van der Waals surface area contributed by atoms with Crippen LogP contribution in [-0.4, -0.2) is 29.4 Å². The van der Waals surface area contributed by atoms with Crippen molar-refractivity contribution in [2.45, 2.75) is 19.8 Å². The fourth-order valence-corrected chi connectivity index (χ4v) is 2.24. The van der Waals surface area contributed by atoms with Crippen LogP contribution in [0.15, 0.2) is 54.6 Å². The maximum Gasteiger partial charge on any atom is 0.313 e. The number of esters is 1. The van der Waals surface area contributed by atoms with Crippen LogP contribution >= 0.6 is 0 Å². The van der Waals surface area contributed by atoms with Crippen LogP contribution in [0.4, 0.5) is 0 Å². The van der Waals surface area contributed by atoms with E-state index in [0.717, 1.165) is 0 Å². The highest BCUT2D eigenvalue weighted by molar-refractivity contribution is 6.09. The van der Waals surface area contributed by atoms with Crippen molar-refractivity contribution >= 4 is 17.7 Å². The minimum atomic E-state index is -1.02. The topological polar surface area (TPSA) is 80.7 Å². The highest BCUT2D eigenvalue weighted by Gasteiger charge is 2.21. The van der Waals surface area contributed by atoms with Crippen molar-refractivity contribution in [1.29, 1.82) is 0 Å². The normalized spacial score (nSPS) is 12.9. The van der Waals surface area contributed by atoms with Gasteiger partial charge in [-0.05, 0) is 25.5 Å². The van der Waals surface area contributed by atoms with E-state index in [1.165, 1.54) is 6.92 Å². The summed E-state index contributed by atoms with van der Waals surface area (Å²) in [5, 5.41) is 8.83. The lowest BCUT2D eigenvalue weighted by Crippen LogP contribution is -2.21. The van der Waals surface area contributed by atoms with Crippen molar-refractivity contribution < 1.29 is 24.2 Å². The Morgan fingerprint density at radius 1 is 0.960 bits per heavy atom. The summed E-state index contributed by atoms with van der Waals surface area (Å²) in [5.74, 6) is -3.01. The van der Waals surface area contributed by atoms with Gasteiger partial charge in [0.15, 0.2) is 5.78 Å². The van der Waals surface area contributed by atoms with Crippen LogP contribution in [0.3, 0.4) is 0 Å². The van der Waals surface area contributed by atoms with Gasteiger partial charge >= 0.3 is 11.9 Å². The van der Waals surface area contributed by atoms with Crippen molar-refractivity contribution in [2.75, 3.05) is 6.61 Å². The predicted octanol–water partition coefficient (Wildman–Crippen LogP) is 3.29. The van der Waals surface area contributed by atoms with Gasteiger partial charge in [-0.15, -0.1) is 0 Å². The standard InChI is InChI=1S/C20H20O5/c1-13(19(22)23)12-25-20(24)14(2)16-9-6-10-17(11-16)18(21)15-7-4-3-5-8-15/h3-11,13-14H,12H2,1-2H3,(H,22,23)/t13-,14-/m0/s1. The van der Waals surface area contributed by atoms with Crippen molar-refractivity contribution in [3.8, 4) is 0 Å². The molecule has 1 N–H and O–H groups in total. The average molecular weight is 340 g/mol. The lowest BCUT2D eigenvalue weighted by Gasteiger charge is -2.14. The second-order valence-electron chi connectivity index (χ2n) is 5.91. The highest BCUT2D eigenvalue weighted by Crippen LogP contribution is 2.20. The number of carbonyl (C=O) groups excluding carboxylic acids is 2. The Balaban J connectivity index is 2.11. The molecule has 0 aliphatic rings. The fraction of sp³-hybridized carbons (Fsp3) is 0.250. The van der Waals surface area contributed by atoms with Gasteiger partial charge in [-0.3, -0.25) is 14.4 Å². The zero-order valence-electron chi connectivity index (χ0n) is 14.1. The molecule has 0 spiro atoms. The van der Waals surface area contributed by atoms with E-state index in [1.54, 1.807) is 55.5 Å². The first-order chi connectivity index (χ1) is 11.9. The molecule has 2 aromatic rings. The van der Waals surface area contributed by atoms with E-state index in [-0.39, 0.29) is 12.4 Å². The molecular formula is C20H20O5. The van der Waals surface area contributed by atoms with E-state index in [2.05, 4.69) is 0 Å². The third-order valence-electron chi connectivity index (χ3n) is 3.94. The molecule has 0 aliphatic heterocycles. The minimum Gasteiger partial charge on any atom is -0.481 e. The first kappa shape index (κ1) is 18.4. The molecule has 2 rings (SSSR count). The molecule has 5 nitrogen and oxygen atoms in total. The molecule has 2 atom stereocenters. The first-order valence-electron chi connectivity index (χ1n) is 7.99. The lowest BCUT2D eigenvalue weighted by atomic mass is 9.96. The van der Waals surface area contributed by atoms with Gasteiger partial charge in [0, 0.05) is 11.1 Å². The number of carboxylic acids is 1. The van der Waals surface area contributed by atoms with E-state index in [4.69, 9.17) is 9.84 Å². The third-order valence-corrected chi connectivity index (χ3v) is 3.94. The minimum absolute atomic E-state index is 0.123. The number of aliphatic carboxylic acids is 1. The molecule has 0 unspecified atom stereocenters. The molecule has 0 saturated carbocycles. The van der Waals surface area contributed by atoms with Crippen LogP contribution in [0, 0.1) is 5.92 Å². The van der Waals surface area contributed by atoms with Gasteiger partial charge in [-0.1, -0.05) is 48.5 Å². The van der Waals surface area contributed by atoms with E-state index in [1.807, 2.05) is 6.07 Å². The number of carbonyl (C=O) groups is 3. The van der Waals surface area contributed by atoms with Gasteiger partial charge in [0.25, 0.3) is 0 Å². The predicted molar refractivity (Wildman–Crippen MR) is 92.5 cm³/mol. The van der Waals surface area contributed by atoms with Crippen molar-refractivity contribution in [3.63, 3.8) is 0 Å². The molecule has 0 heterocycles. The smallest absolute Gasteiger partial charge is 0.313 e. The van der Waals surface area contributed by atoms with Crippen LogP contribution in [0.25, 0.3) is 0 Å². The van der Waals surface area contributed by atoms with Gasteiger partial charge < -0.3 is 9.84 Å². The Bertz CT molecular complexity index is 767. The van der Waals surface area contributed by atoms with E-state index in [0.29, 0.717) is 16.7 Å². The van der Waals surface area contributed by atoms with Crippen LogP contribution in [0.1, 0.15) is 41.3 Å². The van der Waals surface area contributed by atoms with Gasteiger partial charge in [-0.2, -0.15) is 0 Å². The van der Waals surface area contributed by atoms with Crippen LogP contribution in [0.2, 0.25) is 0 Å². The lowest BCUT2D eigenvalue weighted by molar-refractivity contribution is -0.151. The highest BCUT2D eigenvalue weighted by atomic mass is 16.5. The van der Waals surface area contributed by atoms with Gasteiger partial charge in [0.1, 0.15) is 6.61 Å². The summed E-state index contributed by atoms with van der Waals surface area (Å²) >= 11 is 0. The Labute approximate surface area is 146 Å². The number of benzene rings is 2. The molecule has 0 saturated heterocycles. The largest absolute Gasteiger partial charge is 0.481 e. The Hall–Kier alpha value is -2.95. The maximum atomic E-state index is 12.5. The average Bonchev–Trinajstić information content (AvgIpc) is 2.65. The second kappa shape index (κ2) is 8.24. The summed E-state index contributed by atoms with van der Waals surface area (Å²) in [5.41, 5.74) is 1.71. The van der Waals surface area contributed by atoms with Crippen molar-refractivity contribution in [2.24, 2.45) is 5.92 Å². The molecular weight excluding hydrogens is 320 g/mol. The van der Waals surface area contributed by atoms with Gasteiger partial charge in [-0.25, -0.2) is 0 Å². The molecule has 0 fully saturated rings. The number of rotatable bonds is 7. The summed E-state index contributed by atoms with van der Waals surface area (Å²) in [4.78, 5) is 35.4. The van der Waals surface area contributed by atoms with Crippen LogP contribution in [-0.2, 0) is 14.3 Å². The Kier molecular flexibility index (Phi) is 6.06. The molecule has 0 amide bonds. The molecule has 130 valence electrons. The molecule has 5 heteroatoms. The number of hydrogen-bond donors (Lipinski definition) is 1. The molecule has 0 radical (unpaired) electrons. The second-order valence-corrected chi connectivity index (χ2v) is 5.91. The molecule has 0 aliphatic carbocycles. The number of hydrogen-bond acceptors (Lipinski definition) is 4. The monoisotopic (exact) mass is 340 g/mol. The van der Waals surface area contributed by atoms with Crippen molar-refractivity contribution in [1.82, 2.24) is 0 Å². The third kappa shape index (κ3) is 4.76. The van der Waals surface area contributed by atoms with E-state index < -0.39 is 23.8 Å². The van der Waals surface area contributed by atoms with Crippen LogP contribution < -0.4 is 0 Å². The number of ketones is 1. The number of ether oxygens (including phenoxy) is 1. The molecule has 0 aromatic heterocycles. The Morgan fingerprint density at radius 3 is 2.24 bits per heavy atom. The van der Waals surface area contributed by atoms with E-state index >= 15 is 0 Å². The molecule has 2 aromatic carbocycles. The SMILES string of the molecule is C[C@H](C(=O)OC[C@H](C)C(=O)O)c1cccc(C(=O)c2ccccc2)c1. The summed E-state index contributed by atoms with van der Waals surface area (Å²) in [6.07, 6.45) is 0. The first-order valence-corrected chi connectivity index (χ1v) is 7.99. The zero-order chi connectivity index (χ0) is 18.4. The van der Waals surface area contributed by atoms with Crippen LogP contribution in [0.5, 0.6) is 0 Å². The zero-order valence-corrected chi connectivity index (χ0v) is 14.1. The van der Waals surface area contributed by atoms with Crippen molar-refractivity contribution in [3.05, 3.63) is 71.3 Å². The summed E-state index contributed by atoms with van der Waals surface area (Å²) in [7, 11) is 0. The van der Waals surface area contributed by atoms with Gasteiger partial charge in [0.2, 0.25) is 0 Å². The summed E-state index contributed by atoms with van der Waals surface area (Å²) < 4.78 is 5.06. The Morgan fingerprint density at radius 2 is 1.60 bits per heavy atom. The molecule has 0 bridgehead atoms. The van der Waals surface area contributed by atoms with Gasteiger partial charge in [0.05, 0.1) is 11.8 Å². The molecule has 25 heavy (non-hydrogen) atoms. The maximum absolute atomic E-state index is 12.5. The fourth-order valence-electron chi connectivity index (χ4n) is 2.24. The van der Waals surface area contributed by atoms with E-state index in [9.17, 15) is 14.4 Å². The summed E-state index contributed by atoms with van der Waals surface area (Å²) in [6, 6.07) is 15.7.